The lowest BCUT2D eigenvalue weighted by molar-refractivity contribution is 0.0956. The molecule has 4 rings (SSSR count). The second-order valence-electron chi connectivity index (χ2n) is 6.84. The first-order chi connectivity index (χ1) is 14.5. The van der Waals surface area contributed by atoms with E-state index in [-0.39, 0.29) is 11.7 Å². The molecule has 6 heteroatoms. The van der Waals surface area contributed by atoms with Gasteiger partial charge in [-0.1, -0.05) is 57.9 Å². The number of nitrogens with zero attached hydrogens (tertiary/aromatic N) is 2. The van der Waals surface area contributed by atoms with Crippen molar-refractivity contribution in [3.05, 3.63) is 94.0 Å². The lowest BCUT2D eigenvalue weighted by Gasteiger charge is -2.10. The molecule has 0 unspecified atom stereocenters. The predicted molar refractivity (Wildman–Crippen MR) is 123 cm³/mol. The lowest BCUT2D eigenvalue weighted by atomic mass is 10.0. The molecule has 0 saturated carbocycles. The highest BCUT2D eigenvalue weighted by Gasteiger charge is 2.14. The molecule has 0 aliphatic heterocycles. The smallest absolute Gasteiger partial charge is 0.272 e. The number of halogens is 1. The number of carbonyl (C=O) groups excluding carboxylic acids is 1. The van der Waals surface area contributed by atoms with Gasteiger partial charge in [-0.15, -0.1) is 0 Å². The van der Waals surface area contributed by atoms with Crippen LogP contribution in [0.15, 0.2) is 82.4 Å². The molecule has 4 aromatic rings. The van der Waals surface area contributed by atoms with Crippen LogP contribution in [0.4, 0.5) is 0 Å². The van der Waals surface area contributed by atoms with Gasteiger partial charge in [-0.05, 0) is 43.3 Å². The molecule has 0 radical (unpaired) electrons. The van der Waals surface area contributed by atoms with Crippen LogP contribution in [0.25, 0.3) is 22.2 Å². The number of pyridine rings is 1. The van der Waals surface area contributed by atoms with Crippen LogP contribution < -0.4 is 5.43 Å². The largest absolute Gasteiger partial charge is 0.507 e. The van der Waals surface area contributed by atoms with Gasteiger partial charge >= 0.3 is 0 Å². The van der Waals surface area contributed by atoms with E-state index in [4.69, 9.17) is 4.98 Å². The summed E-state index contributed by atoms with van der Waals surface area (Å²) in [7, 11) is 0. The Morgan fingerprint density at radius 2 is 1.87 bits per heavy atom. The van der Waals surface area contributed by atoms with Crippen LogP contribution >= 0.6 is 15.9 Å². The normalized spacial score (nSPS) is 11.1. The van der Waals surface area contributed by atoms with Gasteiger partial charge in [0.1, 0.15) is 5.75 Å². The summed E-state index contributed by atoms with van der Waals surface area (Å²) in [6, 6.07) is 22.3. The first kappa shape index (κ1) is 19.8. The molecule has 0 fully saturated rings. The second kappa shape index (κ2) is 8.47. The van der Waals surface area contributed by atoms with E-state index in [1.54, 1.807) is 24.3 Å². The molecule has 2 N–H and O–H groups in total. The topological polar surface area (TPSA) is 74.6 Å². The van der Waals surface area contributed by atoms with Crippen LogP contribution in [-0.2, 0) is 0 Å². The van der Waals surface area contributed by atoms with Crippen molar-refractivity contribution in [2.45, 2.75) is 6.92 Å². The van der Waals surface area contributed by atoms with Crippen LogP contribution in [-0.4, -0.2) is 22.2 Å². The van der Waals surface area contributed by atoms with Gasteiger partial charge < -0.3 is 5.11 Å². The number of phenolic OH excluding ortho intramolecular Hbond substituents is 1. The number of fused-ring (bicyclic) bond motifs is 1. The fraction of sp³-hybridized carbons (Fsp3) is 0.0417. The van der Waals surface area contributed by atoms with Crippen molar-refractivity contribution in [2.75, 3.05) is 0 Å². The first-order valence-electron chi connectivity index (χ1n) is 9.30. The molecule has 1 aromatic heterocycles. The van der Waals surface area contributed by atoms with Gasteiger partial charge in [-0.2, -0.15) is 5.10 Å². The summed E-state index contributed by atoms with van der Waals surface area (Å²) in [5.74, 6) is -0.275. The molecular formula is C24H18BrN3O2. The highest BCUT2D eigenvalue weighted by atomic mass is 79.9. The Morgan fingerprint density at radius 1 is 1.07 bits per heavy atom. The Balaban J connectivity index is 1.71. The number of phenols is 1. The molecule has 1 amide bonds. The Bertz CT molecular complexity index is 1270. The lowest BCUT2D eigenvalue weighted by Crippen LogP contribution is -2.18. The Labute approximate surface area is 182 Å². The Morgan fingerprint density at radius 3 is 2.67 bits per heavy atom. The summed E-state index contributed by atoms with van der Waals surface area (Å²) >= 11 is 3.35. The molecule has 1 heterocycles. The summed E-state index contributed by atoms with van der Waals surface area (Å²) in [5.41, 5.74) is 6.95. The molecule has 0 spiro atoms. The van der Waals surface area contributed by atoms with Crippen LogP contribution in [0.3, 0.4) is 0 Å². The molecular weight excluding hydrogens is 442 g/mol. The third kappa shape index (κ3) is 4.23. The minimum Gasteiger partial charge on any atom is -0.507 e. The van der Waals surface area contributed by atoms with Gasteiger partial charge in [0.15, 0.2) is 0 Å². The maximum absolute atomic E-state index is 13.0. The number of aromatic nitrogens is 1. The minimum atomic E-state index is -0.351. The van der Waals surface area contributed by atoms with Crippen LogP contribution in [0, 0.1) is 6.92 Å². The average Bonchev–Trinajstić information content (AvgIpc) is 2.76. The number of hydrazone groups is 1. The Kier molecular flexibility index (Phi) is 5.59. The third-order valence-corrected chi connectivity index (χ3v) is 5.13. The van der Waals surface area contributed by atoms with Crippen molar-refractivity contribution in [3.63, 3.8) is 0 Å². The van der Waals surface area contributed by atoms with Crippen molar-refractivity contribution in [1.82, 2.24) is 10.4 Å². The minimum absolute atomic E-state index is 0.0764. The third-order valence-electron chi connectivity index (χ3n) is 4.64. The van der Waals surface area contributed by atoms with Crippen molar-refractivity contribution in [1.29, 1.82) is 0 Å². The van der Waals surface area contributed by atoms with E-state index in [2.05, 4.69) is 26.5 Å². The quantitative estimate of drug-likeness (QED) is 0.315. The number of carbonyl (C=O) groups is 1. The number of aromatic hydroxyl groups is 1. The van der Waals surface area contributed by atoms with Gasteiger partial charge in [0.05, 0.1) is 23.0 Å². The monoisotopic (exact) mass is 459 g/mol. The number of amides is 1. The van der Waals surface area contributed by atoms with Gasteiger partial charge in [0, 0.05) is 21.0 Å². The molecule has 0 aliphatic carbocycles. The summed E-state index contributed by atoms with van der Waals surface area (Å²) in [4.78, 5) is 17.7. The zero-order valence-corrected chi connectivity index (χ0v) is 17.7. The predicted octanol–water partition coefficient (Wildman–Crippen LogP) is 5.44. The van der Waals surface area contributed by atoms with Gasteiger partial charge in [-0.3, -0.25) is 4.79 Å². The zero-order chi connectivity index (χ0) is 21.1. The van der Waals surface area contributed by atoms with Crippen molar-refractivity contribution >= 4 is 39.0 Å². The highest BCUT2D eigenvalue weighted by molar-refractivity contribution is 9.10. The van der Waals surface area contributed by atoms with Gasteiger partial charge in [0.2, 0.25) is 0 Å². The molecule has 0 aliphatic rings. The summed E-state index contributed by atoms with van der Waals surface area (Å²) < 4.78 is 0.802. The van der Waals surface area contributed by atoms with Crippen molar-refractivity contribution in [3.8, 4) is 17.0 Å². The fourth-order valence-corrected chi connectivity index (χ4v) is 3.51. The molecule has 30 heavy (non-hydrogen) atoms. The maximum atomic E-state index is 13.0. The van der Waals surface area contributed by atoms with E-state index in [9.17, 15) is 9.90 Å². The maximum Gasteiger partial charge on any atom is 0.272 e. The molecule has 5 nitrogen and oxygen atoms in total. The van der Waals surface area contributed by atoms with E-state index >= 15 is 0 Å². The Hall–Kier alpha value is -3.51. The molecule has 148 valence electrons. The molecule has 0 bridgehead atoms. The second-order valence-corrected chi connectivity index (χ2v) is 7.76. The number of hydrogen-bond donors (Lipinski definition) is 2. The van der Waals surface area contributed by atoms with Crippen molar-refractivity contribution < 1.29 is 9.90 Å². The van der Waals surface area contributed by atoms with Crippen LogP contribution in [0.5, 0.6) is 5.75 Å². The van der Waals surface area contributed by atoms with E-state index in [1.807, 2.05) is 55.5 Å². The number of aryl methyl sites for hydroxylation is 1. The highest BCUT2D eigenvalue weighted by Crippen LogP contribution is 2.26. The summed E-state index contributed by atoms with van der Waals surface area (Å²) in [5, 5.41) is 14.7. The summed E-state index contributed by atoms with van der Waals surface area (Å²) in [6.45, 7) is 1.97. The molecule has 0 atom stereocenters. The SMILES string of the molecule is Cc1ccc2nc(-c3ccccc3)cc(C(=O)N/N=C/c3cc(Br)ccc3O)c2c1. The number of hydrogen-bond acceptors (Lipinski definition) is 4. The van der Waals surface area contributed by atoms with Crippen LogP contribution in [0.2, 0.25) is 0 Å². The summed E-state index contributed by atoms with van der Waals surface area (Å²) in [6.07, 6.45) is 1.41. The molecule has 0 saturated heterocycles. The van der Waals surface area contributed by atoms with Gasteiger partial charge in [-0.25, -0.2) is 10.4 Å². The van der Waals surface area contributed by atoms with Gasteiger partial charge in [0.25, 0.3) is 5.91 Å². The van der Waals surface area contributed by atoms with E-state index < -0.39 is 0 Å². The number of nitrogens with one attached hydrogen (secondary N) is 1. The van der Waals surface area contributed by atoms with E-state index in [1.165, 1.54) is 6.21 Å². The standard InChI is InChI=1S/C24H18BrN3O2/c1-15-7-9-21-19(11-15)20(13-22(27-21)16-5-3-2-4-6-16)24(30)28-26-14-17-12-18(25)8-10-23(17)29/h2-14,29H,1H3,(H,28,30)/b26-14+. The van der Waals surface area contributed by atoms with Crippen molar-refractivity contribution in [2.24, 2.45) is 5.10 Å². The fourth-order valence-electron chi connectivity index (χ4n) is 3.13. The van der Waals surface area contributed by atoms with E-state index in [0.717, 1.165) is 26.5 Å². The van der Waals surface area contributed by atoms with E-state index in [0.29, 0.717) is 16.8 Å². The average molecular weight is 460 g/mol. The number of rotatable bonds is 4. The van der Waals surface area contributed by atoms with Crippen LogP contribution in [0.1, 0.15) is 21.5 Å². The number of benzene rings is 3. The molecule has 3 aromatic carbocycles. The zero-order valence-electron chi connectivity index (χ0n) is 16.1. The first-order valence-corrected chi connectivity index (χ1v) is 10.1.